The van der Waals surface area contributed by atoms with Gasteiger partial charge in [-0.2, -0.15) is 0 Å². The highest BCUT2D eigenvalue weighted by Crippen LogP contribution is 2.34. The molecule has 1 rings (SSSR count). The third-order valence-corrected chi connectivity index (χ3v) is 6.29. The second-order valence-corrected chi connectivity index (χ2v) is 8.82. The summed E-state index contributed by atoms with van der Waals surface area (Å²) in [5.41, 5.74) is 0. The van der Waals surface area contributed by atoms with Crippen molar-refractivity contribution in [3.8, 4) is 0 Å². The van der Waals surface area contributed by atoms with E-state index in [0.29, 0.717) is 27.9 Å². The molecule has 0 aromatic carbocycles. The summed E-state index contributed by atoms with van der Waals surface area (Å²) < 4.78 is 32.3. The Morgan fingerprint density at radius 3 is 2.72 bits per heavy atom. The number of nitrogens with one attached hydrogen (secondary N) is 1. The molecule has 0 radical (unpaired) electrons. The van der Waals surface area contributed by atoms with Gasteiger partial charge in [0.2, 0.25) is 10.0 Å². The van der Waals surface area contributed by atoms with Crippen molar-refractivity contribution in [3.05, 3.63) is 14.9 Å². The molecule has 0 bridgehead atoms. The van der Waals surface area contributed by atoms with Gasteiger partial charge in [-0.25, -0.2) is 13.1 Å². The smallest absolute Gasteiger partial charge is 0.250 e. The summed E-state index contributed by atoms with van der Waals surface area (Å²) in [5, 5.41) is 0.399. The Morgan fingerprint density at radius 2 is 2.22 bits per heavy atom. The summed E-state index contributed by atoms with van der Waals surface area (Å²) in [7, 11) is -3.49. The Hall–Kier alpha value is 0.340. The fourth-order valence-electron chi connectivity index (χ4n) is 1.10. The van der Waals surface area contributed by atoms with Crippen molar-refractivity contribution in [2.24, 2.45) is 5.92 Å². The van der Waals surface area contributed by atoms with E-state index in [4.69, 9.17) is 16.3 Å². The lowest BCUT2D eigenvalue weighted by atomic mass is 10.2. The second kappa shape index (κ2) is 7.21. The lowest BCUT2D eigenvalue weighted by Gasteiger charge is -2.07. The van der Waals surface area contributed by atoms with Gasteiger partial charge in [0.05, 0.1) is 15.4 Å². The van der Waals surface area contributed by atoms with Crippen molar-refractivity contribution in [1.29, 1.82) is 0 Å². The average molecular weight is 377 g/mol. The monoisotopic (exact) mass is 375 g/mol. The Labute approximate surface area is 125 Å². The van der Waals surface area contributed by atoms with Gasteiger partial charge in [-0.15, -0.1) is 11.3 Å². The third-order valence-electron chi connectivity index (χ3n) is 1.88. The zero-order valence-corrected chi connectivity index (χ0v) is 14.0. The number of rotatable bonds is 7. The first-order valence-corrected chi connectivity index (χ1v) is 8.82. The molecular weight excluding hydrogens is 362 g/mol. The van der Waals surface area contributed by atoms with Gasteiger partial charge in [0.25, 0.3) is 0 Å². The van der Waals surface area contributed by atoms with E-state index >= 15 is 0 Å². The highest BCUT2D eigenvalue weighted by Gasteiger charge is 2.18. The summed E-state index contributed by atoms with van der Waals surface area (Å²) in [5.74, 6) is 0.439. The van der Waals surface area contributed by atoms with Crippen LogP contribution in [-0.2, 0) is 14.8 Å². The largest absolute Gasteiger partial charge is 0.380 e. The predicted octanol–water partition coefficient (Wildman–Crippen LogP) is 3.11. The maximum absolute atomic E-state index is 11.9. The van der Waals surface area contributed by atoms with Crippen LogP contribution in [0.15, 0.2) is 14.1 Å². The molecule has 0 amide bonds. The van der Waals surface area contributed by atoms with Crippen LogP contribution in [0.3, 0.4) is 0 Å². The minimum atomic E-state index is -3.49. The van der Waals surface area contributed by atoms with Gasteiger partial charge in [0.1, 0.15) is 4.21 Å². The number of thiophene rings is 1. The first kappa shape index (κ1) is 16.4. The number of halogens is 2. The molecule has 0 aliphatic heterocycles. The third kappa shape index (κ3) is 5.14. The van der Waals surface area contributed by atoms with Crippen LogP contribution in [0.25, 0.3) is 0 Å². The van der Waals surface area contributed by atoms with Crippen molar-refractivity contribution in [2.75, 3.05) is 19.8 Å². The molecule has 0 atom stereocenters. The van der Waals surface area contributed by atoms with E-state index < -0.39 is 10.0 Å². The average Bonchev–Trinajstić information content (AvgIpc) is 2.59. The minimum Gasteiger partial charge on any atom is -0.380 e. The first-order chi connectivity index (χ1) is 8.33. The Kier molecular flexibility index (Phi) is 6.57. The molecule has 0 saturated heterocycles. The van der Waals surface area contributed by atoms with E-state index in [1.807, 2.05) is 13.8 Å². The molecule has 0 aliphatic carbocycles. The molecule has 0 spiro atoms. The maximum Gasteiger partial charge on any atom is 0.250 e. The minimum absolute atomic E-state index is 0.197. The van der Waals surface area contributed by atoms with Gasteiger partial charge in [-0.1, -0.05) is 25.4 Å². The number of sulfonamides is 1. The van der Waals surface area contributed by atoms with Crippen LogP contribution in [0.5, 0.6) is 0 Å². The van der Waals surface area contributed by atoms with Crippen molar-refractivity contribution in [3.63, 3.8) is 0 Å². The summed E-state index contributed by atoms with van der Waals surface area (Å²) in [6, 6.07) is 1.42. The molecule has 0 unspecified atom stereocenters. The van der Waals surface area contributed by atoms with Crippen LogP contribution < -0.4 is 4.72 Å². The summed E-state index contributed by atoms with van der Waals surface area (Å²) in [4.78, 5) is 0. The fraction of sp³-hybridized carbons (Fsp3) is 0.600. The van der Waals surface area contributed by atoms with E-state index in [2.05, 4.69) is 20.7 Å². The predicted molar refractivity (Wildman–Crippen MR) is 77.9 cm³/mol. The normalized spacial score (nSPS) is 12.3. The highest BCUT2D eigenvalue weighted by atomic mass is 79.9. The molecular formula is C10H15BrClNO3S2. The molecule has 1 aromatic rings. The zero-order valence-electron chi connectivity index (χ0n) is 10.1. The van der Waals surface area contributed by atoms with Gasteiger partial charge in [-0.3, -0.25) is 0 Å². The quantitative estimate of drug-likeness (QED) is 0.744. The number of hydrogen-bond acceptors (Lipinski definition) is 4. The number of hydrogen-bond donors (Lipinski definition) is 1. The maximum atomic E-state index is 11.9. The van der Waals surface area contributed by atoms with Crippen molar-refractivity contribution < 1.29 is 13.2 Å². The van der Waals surface area contributed by atoms with E-state index in [9.17, 15) is 8.42 Å². The molecule has 0 saturated carbocycles. The lowest BCUT2D eigenvalue weighted by molar-refractivity contribution is 0.114. The van der Waals surface area contributed by atoms with Crippen LogP contribution in [0.4, 0.5) is 0 Å². The highest BCUT2D eigenvalue weighted by molar-refractivity contribution is 9.11. The fourth-order valence-corrected chi connectivity index (χ4v) is 4.55. The topological polar surface area (TPSA) is 55.4 Å². The first-order valence-electron chi connectivity index (χ1n) is 5.35. The van der Waals surface area contributed by atoms with Crippen LogP contribution in [0.2, 0.25) is 5.02 Å². The number of ether oxygens (including phenoxy) is 1. The van der Waals surface area contributed by atoms with E-state index in [1.54, 1.807) is 0 Å². The Balaban J connectivity index is 2.45. The molecule has 1 N–H and O–H groups in total. The molecule has 104 valence electrons. The molecule has 1 aromatic heterocycles. The van der Waals surface area contributed by atoms with Crippen LogP contribution >= 0.6 is 38.9 Å². The van der Waals surface area contributed by atoms with Crippen molar-refractivity contribution in [2.45, 2.75) is 18.1 Å². The van der Waals surface area contributed by atoms with Crippen molar-refractivity contribution >= 4 is 48.9 Å². The van der Waals surface area contributed by atoms with Crippen LogP contribution in [0, 0.1) is 5.92 Å². The van der Waals surface area contributed by atoms with Crippen molar-refractivity contribution in [1.82, 2.24) is 4.72 Å². The van der Waals surface area contributed by atoms with Gasteiger partial charge in [-0.05, 0) is 27.9 Å². The zero-order chi connectivity index (χ0) is 13.8. The standard InChI is InChI=1S/C10H15BrClNO3S2/c1-7(2)6-16-4-3-13-18(14,15)9-5-8(12)10(11)17-9/h5,7,13H,3-4,6H2,1-2H3. The van der Waals surface area contributed by atoms with E-state index in [1.165, 1.54) is 6.07 Å². The summed E-state index contributed by atoms with van der Waals surface area (Å²) in [6.45, 7) is 5.31. The molecule has 4 nitrogen and oxygen atoms in total. The second-order valence-electron chi connectivity index (χ2n) is 4.05. The Morgan fingerprint density at radius 1 is 1.56 bits per heavy atom. The van der Waals surface area contributed by atoms with Gasteiger partial charge in [0, 0.05) is 13.2 Å². The molecule has 18 heavy (non-hydrogen) atoms. The Bertz CT molecular complexity index is 468. The lowest BCUT2D eigenvalue weighted by Crippen LogP contribution is -2.27. The molecule has 1 heterocycles. The van der Waals surface area contributed by atoms with Gasteiger partial charge >= 0.3 is 0 Å². The van der Waals surface area contributed by atoms with E-state index in [0.717, 1.165) is 11.3 Å². The summed E-state index contributed by atoms with van der Waals surface area (Å²) >= 11 is 10.1. The van der Waals surface area contributed by atoms with Gasteiger partial charge in [0.15, 0.2) is 0 Å². The van der Waals surface area contributed by atoms with Gasteiger partial charge < -0.3 is 4.74 Å². The van der Waals surface area contributed by atoms with Crippen LogP contribution in [0.1, 0.15) is 13.8 Å². The molecule has 0 aliphatic rings. The summed E-state index contributed by atoms with van der Waals surface area (Å²) in [6.07, 6.45) is 0. The molecule has 8 heteroatoms. The SMILES string of the molecule is CC(C)COCCNS(=O)(=O)c1cc(Cl)c(Br)s1. The van der Waals surface area contributed by atoms with E-state index in [-0.39, 0.29) is 10.8 Å². The molecule has 0 fully saturated rings. The van der Waals surface area contributed by atoms with Crippen LogP contribution in [-0.4, -0.2) is 28.2 Å².